The Morgan fingerprint density at radius 2 is 2.18 bits per heavy atom. The molecule has 1 aliphatic heterocycles. The van der Waals surface area contributed by atoms with Gasteiger partial charge in [-0.1, -0.05) is 30.3 Å². The van der Waals surface area contributed by atoms with Crippen LogP contribution in [0.5, 0.6) is 0 Å². The smallest absolute Gasteiger partial charge is 0.0263 e. The molecule has 2 rings (SSSR count). The summed E-state index contributed by atoms with van der Waals surface area (Å²) < 4.78 is 0. The first-order valence-corrected chi connectivity index (χ1v) is 6.49. The Balaban J connectivity index is 1.82. The van der Waals surface area contributed by atoms with Gasteiger partial charge in [0.25, 0.3) is 0 Å². The molecule has 1 aliphatic rings. The van der Waals surface area contributed by atoms with Gasteiger partial charge >= 0.3 is 0 Å². The Bertz CT molecular complexity index is 325. The monoisotopic (exact) mass is 233 g/mol. The number of nitrogens with one attached hydrogen (secondary N) is 1. The zero-order valence-corrected chi connectivity index (χ0v) is 10.6. The van der Waals surface area contributed by atoms with Crippen LogP contribution in [0.4, 0.5) is 0 Å². The fourth-order valence-corrected chi connectivity index (χ4v) is 2.46. The van der Waals surface area contributed by atoms with Crippen LogP contribution in [0.3, 0.4) is 0 Å². The van der Waals surface area contributed by atoms with Crippen molar-refractivity contribution < 1.29 is 0 Å². The van der Waals surface area contributed by atoms with Gasteiger partial charge in [0, 0.05) is 25.2 Å². The Kier molecular flexibility index (Phi) is 4.54. The molecule has 1 fully saturated rings. The summed E-state index contributed by atoms with van der Waals surface area (Å²) in [6.45, 7) is 3.24. The molecule has 1 saturated heterocycles. The van der Waals surface area contributed by atoms with E-state index in [9.17, 15) is 0 Å². The molecule has 0 bridgehead atoms. The number of likely N-dealkylation sites (tertiary alicyclic amines) is 1. The second-order valence-electron chi connectivity index (χ2n) is 4.87. The minimum absolute atomic E-state index is 0.305. The van der Waals surface area contributed by atoms with E-state index in [1.807, 2.05) is 7.05 Å². The Hall–Kier alpha value is -0.900. The number of benzene rings is 1. The molecule has 17 heavy (non-hydrogen) atoms. The van der Waals surface area contributed by atoms with Gasteiger partial charge in [-0.05, 0) is 32.0 Å². The van der Waals surface area contributed by atoms with Crippen LogP contribution in [-0.4, -0.2) is 37.1 Å². The molecule has 0 spiro atoms. The van der Waals surface area contributed by atoms with E-state index in [0.29, 0.717) is 12.1 Å². The molecule has 1 aromatic carbocycles. The van der Waals surface area contributed by atoms with E-state index in [-0.39, 0.29) is 0 Å². The minimum Gasteiger partial charge on any atom is -0.326 e. The molecule has 1 heterocycles. The number of rotatable bonds is 6. The van der Waals surface area contributed by atoms with Crippen LogP contribution >= 0.6 is 0 Å². The third-order valence-corrected chi connectivity index (χ3v) is 3.63. The van der Waals surface area contributed by atoms with Crippen LogP contribution in [0.2, 0.25) is 0 Å². The summed E-state index contributed by atoms with van der Waals surface area (Å²) in [6, 6.07) is 11.5. The standard InChI is InChI=1S/C14H23N3/c1-16-9-7-13(15)14-8-10-17(14)11-12-5-3-2-4-6-12/h2-6,13-14,16H,7-11,15H2,1H3. The van der Waals surface area contributed by atoms with Crippen molar-refractivity contribution in [1.29, 1.82) is 0 Å². The van der Waals surface area contributed by atoms with Crippen LogP contribution in [0, 0.1) is 0 Å². The maximum Gasteiger partial charge on any atom is 0.0263 e. The van der Waals surface area contributed by atoms with E-state index in [0.717, 1.165) is 19.5 Å². The van der Waals surface area contributed by atoms with Crippen LogP contribution in [0.15, 0.2) is 30.3 Å². The quantitative estimate of drug-likeness (QED) is 0.776. The first-order valence-electron chi connectivity index (χ1n) is 6.49. The fraction of sp³-hybridized carbons (Fsp3) is 0.571. The molecule has 94 valence electrons. The predicted molar refractivity (Wildman–Crippen MR) is 71.8 cm³/mol. The van der Waals surface area contributed by atoms with Crippen molar-refractivity contribution >= 4 is 0 Å². The molecular formula is C14H23N3. The lowest BCUT2D eigenvalue weighted by atomic mass is 9.92. The van der Waals surface area contributed by atoms with E-state index in [1.54, 1.807) is 0 Å². The van der Waals surface area contributed by atoms with Gasteiger partial charge in [0.15, 0.2) is 0 Å². The summed E-state index contributed by atoms with van der Waals surface area (Å²) in [7, 11) is 1.98. The van der Waals surface area contributed by atoms with Crippen molar-refractivity contribution in [2.75, 3.05) is 20.1 Å². The maximum absolute atomic E-state index is 6.23. The fourth-order valence-electron chi connectivity index (χ4n) is 2.46. The minimum atomic E-state index is 0.305. The number of nitrogens with two attached hydrogens (primary N) is 1. The number of hydrogen-bond acceptors (Lipinski definition) is 3. The zero-order chi connectivity index (χ0) is 12.1. The van der Waals surface area contributed by atoms with Gasteiger partial charge < -0.3 is 11.1 Å². The third kappa shape index (κ3) is 3.28. The Morgan fingerprint density at radius 3 is 2.76 bits per heavy atom. The van der Waals surface area contributed by atoms with Crippen LogP contribution in [-0.2, 0) is 6.54 Å². The zero-order valence-electron chi connectivity index (χ0n) is 10.6. The molecule has 2 unspecified atom stereocenters. The second kappa shape index (κ2) is 6.15. The van der Waals surface area contributed by atoms with Gasteiger partial charge in [0.1, 0.15) is 0 Å². The lowest BCUT2D eigenvalue weighted by Crippen LogP contribution is -2.56. The van der Waals surface area contributed by atoms with Crippen LogP contribution in [0.1, 0.15) is 18.4 Å². The largest absolute Gasteiger partial charge is 0.326 e. The number of nitrogens with zero attached hydrogens (tertiary/aromatic N) is 1. The summed E-state index contributed by atoms with van der Waals surface area (Å²) in [5.41, 5.74) is 7.61. The highest BCUT2D eigenvalue weighted by atomic mass is 15.2. The highest BCUT2D eigenvalue weighted by Crippen LogP contribution is 2.23. The third-order valence-electron chi connectivity index (χ3n) is 3.63. The molecule has 3 N–H and O–H groups in total. The van der Waals surface area contributed by atoms with Crippen molar-refractivity contribution in [2.45, 2.75) is 31.5 Å². The van der Waals surface area contributed by atoms with E-state index < -0.39 is 0 Å². The average Bonchev–Trinajstić information content (AvgIpc) is 2.33. The van der Waals surface area contributed by atoms with E-state index >= 15 is 0 Å². The molecule has 1 aromatic rings. The van der Waals surface area contributed by atoms with Gasteiger partial charge in [-0.25, -0.2) is 0 Å². The summed E-state index contributed by atoms with van der Waals surface area (Å²) in [5, 5.41) is 3.17. The molecular weight excluding hydrogens is 210 g/mol. The summed E-state index contributed by atoms with van der Waals surface area (Å²) in [6.07, 6.45) is 2.31. The topological polar surface area (TPSA) is 41.3 Å². The van der Waals surface area contributed by atoms with Crippen LogP contribution < -0.4 is 11.1 Å². The van der Waals surface area contributed by atoms with Gasteiger partial charge in [-0.3, -0.25) is 4.90 Å². The van der Waals surface area contributed by atoms with Crippen molar-refractivity contribution in [3.05, 3.63) is 35.9 Å². The molecule has 0 saturated carbocycles. The summed E-state index contributed by atoms with van der Waals surface area (Å²) in [4.78, 5) is 2.50. The first kappa shape index (κ1) is 12.6. The highest BCUT2D eigenvalue weighted by Gasteiger charge is 2.32. The molecule has 2 atom stereocenters. The maximum atomic E-state index is 6.23. The van der Waals surface area contributed by atoms with Crippen molar-refractivity contribution in [2.24, 2.45) is 5.73 Å². The Morgan fingerprint density at radius 1 is 1.41 bits per heavy atom. The Labute approximate surface area is 104 Å². The molecule has 3 nitrogen and oxygen atoms in total. The average molecular weight is 233 g/mol. The van der Waals surface area contributed by atoms with Gasteiger partial charge in [0.2, 0.25) is 0 Å². The molecule has 3 heteroatoms. The van der Waals surface area contributed by atoms with E-state index in [1.165, 1.54) is 18.5 Å². The first-order chi connectivity index (χ1) is 8.31. The van der Waals surface area contributed by atoms with Crippen molar-refractivity contribution in [3.8, 4) is 0 Å². The SMILES string of the molecule is CNCCC(N)C1CCN1Cc1ccccc1. The van der Waals surface area contributed by atoms with Crippen molar-refractivity contribution in [1.82, 2.24) is 10.2 Å². The van der Waals surface area contributed by atoms with E-state index in [4.69, 9.17) is 5.73 Å². The second-order valence-corrected chi connectivity index (χ2v) is 4.87. The normalized spacial score (nSPS) is 22.1. The molecule has 0 aliphatic carbocycles. The lowest BCUT2D eigenvalue weighted by molar-refractivity contribution is 0.0601. The van der Waals surface area contributed by atoms with Gasteiger partial charge in [0.05, 0.1) is 0 Å². The lowest BCUT2D eigenvalue weighted by Gasteiger charge is -2.44. The molecule has 0 amide bonds. The highest BCUT2D eigenvalue weighted by molar-refractivity contribution is 5.15. The molecule has 0 radical (unpaired) electrons. The molecule has 0 aromatic heterocycles. The van der Waals surface area contributed by atoms with Gasteiger partial charge in [-0.2, -0.15) is 0 Å². The van der Waals surface area contributed by atoms with Gasteiger partial charge in [-0.15, -0.1) is 0 Å². The predicted octanol–water partition coefficient (Wildman–Crippen LogP) is 1.20. The van der Waals surface area contributed by atoms with E-state index in [2.05, 4.69) is 40.5 Å². The van der Waals surface area contributed by atoms with Crippen LogP contribution in [0.25, 0.3) is 0 Å². The number of hydrogen-bond donors (Lipinski definition) is 2. The summed E-state index contributed by atoms with van der Waals surface area (Å²) in [5.74, 6) is 0. The summed E-state index contributed by atoms with van der Waals surface area (Å²) >= 11 is 0. The van der Waals surface area contributed by atoms with Crippen molar-refractivity contribution in [3.63, 3.8) is 0 Å².